The van der Waals surface area contributed by atoms with Crippen molar-refractivity contribution >= 4 is 37.5 Å². The zero-order valence-electron chi connectivity index (χ0n) is 11.1. The van der Waals surface area contributed by atoms with E-state index >= 15 is 0 Å². The van der Waals surface area contributed by atoms with Crippen LogP contribution in [0.25, 0.3) is 0 Å². The summed E-state index contributed by atoms with van der Waals surface area (Å²) in [5.74, 6) is -0.0110. The second-order valence-electron chi connectivity index (χ2n) is 4.28. The Hall–Kier alpha value is -1.54. The van der Waals surface area contributed by atoms with Crippen molar-refractivity contribution in [1.82, 2.24) is 9.78 Å². The summed E-state index contributed by atoms with van der Waals surface area (Å²) >= 11 is 3.36. The molecule has 0 saturated heterocycles. The van der Waals surface area contributed by atoms with E-state index < -0.39 is 10.0 Å². The van der Waals surface area contributed by atoms with Crippen LogP contribution in [0.2, 0.25) is 0 Å². The summed E-state index contributed by atoms with van der Waals surface area (Å²) < 4.78 is 29.4. The van der Waals surface area contributed by atoms with Crippen molar-refractivity contribution in [2.24, 2.45) is 0 Å². The molecule has 8 heteroatoms. The van der Waals surface area contributed by atoms with Crippen LogP contribution in [-0.2, 0) is 16.6 Å². The molecule has 0 aliphatic heterocycles. The highest BCUT2D eigenvalue weighted by molar-refractivity contribution is 9.10. The molecule has 20 heavy (non-hydrogen) atoms. The van der Waals surface area contributed by atoms with Gasteiger partial charge >= 0.3 is 0 Å². The number of aromatic nitrogens is 2. The van der Waals surface area contributed by atoms with Crippen molar-refractivity contribution in [2.75, 3.05) is 10.5 Å². The molecule has 6 nitrogen and oxygen atoms in total. The number of sulfonamides is 1. The number of hydrogen-bond donors (Lipinski definition) is 2. The van der Waals surface area contributed by atoms with Gasteiger partial charge in [-0.15, -0.1) is 0 Å². The summed E-state index contributed by atoms with van der Waals surface area (Å²) in [7, 11) is -3.76. The van der Waals surface area contributed by atoms with Crippen LogP contribution in [0.4, 0.5) is 11.5 Å². The molecule has 1 aromatic heterocycles. The molecule has 0 aliphatic rings. The van der Waals surface area contributed by atoms with E-state index in [-0.39, 0.29) is 10.7 Å². The Balaban J connectivity index is 2.40. The van der Waals surface area contributed by atoms with Crippen LogP contribution >= 0.6 is 15.9 Å². The number of nitrogens with zero attached hydrogens (tertiary/aromatic N) is 2. The summed E-state index contributed by atoms with van der Waals surface area (Å²) in [6.07, 6.45) is 1.42. The summed E-state index contributed by atoms with van der Waals surface area (Å²) in [5.41, 5.74) is 7.06. The average Bonchev–Trinajstić information content (AvgIpc) is 2.77. The molecule has 0 bridgehead atoms. The number of nitrogens with two attached hydrogens (primary N) is 1. The molecule has 0 fully saturated rings. The van der Waals surface area contributed by atoms with E-state index in [1.165, 1.54) is 10.9 Å². The van der Waals surface area contributed by atoms with Gasteiger partial charge in [-0.2, -0.15) is 5.10 Å². The molecule has 0 unspecified atom stereocenters. The van der Waals surface area contributed by atoms with E-state index in [0.717, 1.165) is 5.56 Å². The molecular formula is C12H15BrN4O2S. The van der Waals surface area contributed by atoms with Crippen molar-refractivity contribution < 1.29 is 8.42 Å². The number of anilines is 2. The first kappa shape index (κ1) is 14.9. The molecule has 0 radical (unpaired) electrons. The maximum absolute atomic E-state index is 12.3. The predicted octanol–water partition coefficient (Wildman–Crippen LogP) is 2.36. The molecule has 3 N–H and O–H groups in total. The van der Waals surface area contributed by atoms with Gasteiger partial charge in [-0.25, -0.2) is 8.42 Å². The fourth-order valence-corrected chi connectivity index (χ4v) is 3.35. The van der Waals surface area contributed by atoms with Crippen LogP contribution in [0, 0.1) is 6.92 Å². The summed E-state index contributed by atoms with van der Waals surface area (Å²) in [6.45, 7) is 4.28. The molecule has 0 atom stereocenters. The SMILES string of the molecule is CCn1cc(S(=O)(=O)Nc2cccc(C)c2Br)c(N)n1. The molecular weight excluding hydrogens is 344 g/mol. The summed E-state index contributed by atoms with van der Waals surface area (Å²) in [4.78, 5) is -0.0206. The van der Waals surface area contributed by atoms with Gasteiger partial charge < -0.3 is 5.73 Å². The smallest absolute Gasteiger partial charge is 0.267 e. The van der Waals surface area contributed by atoms with Crippen LogP contribution in [0.15, 0.2) is 33.8 Å². The largest absolute Gasteiger partial charge is 0.381 e. The molecule has 1 heterocycles. The zero-order chi connectivity index (χ0) is 14.9. The third-order valence-corrected chi connectivity index (χ3v) is 5.24. The monoisotopic (exact) mass is 358 g/mol. The second kappa shape index (κ2) is 5.45. The first-order valence-electron chi connectivity index (χ1n) is 5.96. The maximum Gasteiger partial charge on any atom is 0.267 e. The lowest BCUT2D eigenvalue weighted by Gasteiger charge is -2.10. The van der Waals surface area contributed by atoms with Crippen molar-refractivity contribution in [3.63, 3.8) is 0 Å². The van der Waals surface area contributed by atoms with E-state index in [9.17, 15) is 8.42 Å². The van der Waals surface area contributed by atoms with Gasteiger partial charge in [-0.05, 0) is 41.4 Å². The van der Waals surface area contributed by atoms with E-state index in [4.69, 9.17) is 5.73 Å². The Morgan fingerprint density at radius 1 is 1.45 bits per heavy atom. The highest BCUT2D eigenvalue weighted by Crippen LogP contribution is 2.28. The Bertz CT molecular complexity index is 740. The fourth-order valence-electron chi connectivity index (χ4n) is 1.71. The third-order valence-electron chi connectivity index (χ3n) is 2.80. The van der Waals surface area contributed by atoms with Gasteiger partial charge in [0.25, 0.3) is 10.0 Å². The molecule has 0 aliphatic carbocycles. The molecule has 1 aromatic carbocycles. The lowest BCUT2D eigenvalue weighted by atomic mass is 10.2. The Morgan fingerprint density at radius 3 is 2.75 bits per heavy atom. The fraction of sp³-hybridized carbons (Fsp3) is 0.250. The normalized spacial score (nSPS) is 11.6. The van der Waals surface area contributed by atoms with Crippen molar-refractivity contribution in [3.05, 3.63) is 34.4 Å². The van der Waals surface area contributed by atoms with E-state index in [1.807, 2.05) is 19.9 Å². The van der Waals surface area contributed by atoms with E-state index in [1.54, 1.807) is 12.1 Å². The van der Waals surface area contributed by atoms with Gasteiger partial charge in [0.15, 0.2) is 5.82 Å². The van der Waals surface area contributed by atoms with Crippen molar-refractivity contribution in [2.45, 2.75) is 25.3 Å². The lowest BCUT2D eigenvalue weighted by Crippen LogP contribution is -2.14. The van der Waals surface area contributed by atoms with Crippen molar-refractivity contribution in [1.29, 1.82) is 0 Å². The molecule has 0 saturated carbocycles. The third kappa shape index (κ3) is 2.80. The topological polar surface area (TPSA) is 90.0 Å². The van der Waals surface area contributed by atoms with Gasteiger partial charge in [-0.3, -0.25) is 9.40 Å². The standard InChI is InChI=1S/C12H15BrN4O2S/c1-3-17-7-10(12(14)15-17)20(18,19)16-9-6-4-5-8(2)11(9)13/h4-7,16H,3H2,1-2H3,(H2,14,15). The first-order valence-corrected chi connectivity index (χ1v) is 8.23. The molecule has 0 spiro atoms. The predicted molar refractivity (Wildman–Crippen MR) is 82.0 cm³/mol. The van der Waals surface area contributed by atoms with E-state index in [0.29, 0.717) is 16.7 Å². The van der Waals surface area contributed by atoms with Crippen molar-refractivity contribution in [3.8, 4) is 0 Å². The molecule has 2 aromatic rings. The van der Waals surface area contributed by atoms with Crippen LogP contribution < -0.4 is 10.5 Å². The van der Waals surface area contributed by atoms with Gasteiger partial charge in [0, 0.05) is 17.2 Å². The van der Waals surface area contributed by atoms with Crippen LogP contribution in [0.5, 0.6) is 0 Å². The number of hydrogen-bond acceptors (Lipinski definition) is 4. The van der Waals surface area contributed by atoms with Gasteiger partial charge in [-0.1, -0.05) is 12.1 Å². The minimum Gasteiger partial charge on any atom is -0.381 e. The van der Waals surface area contributed by atoms with Gasteiger partial charge in [0.05, 0.1) is 5.69 Å². The lowest BCUT2D eigenvalue weighted by molar-refractivity contribution is 0.600. The minimum absolute atomic E-state index is 0.0110. The van der Waals surface area contributed by atoms with Crippen LogP contribution in [-0.4, -0.2) is 18.2 Å². The molecule has 108 valence electrons. The average molecular weight is 359 g/mol. The first-order chi connectivity index (χ1) is 9.35. The highest BCUT2D eigenvalue weighted by atomic mass is 79.9. The molecule has 0 amide bonds. The summed E-state index contributed by atoms with van der Waals surface area (Å²) in [6, 6.07) is 5.33. The Labute approximate surface area is 126 Å². The number of benzene rings is 1. The quantitative estimate of drug-likeness (QED) is 0.877. The van der Waals surface area contributed by atoms with Gasteiger partial charge in [0.1, 0.15) is 4.90 Å². The minimum atomic E-state index is -3.76. The van der Waals surface area contributed by atoms with Crippen LogP contribution in [0.3, 0.4) is 0 Å². The Kier molecular flexibility index (Phi) is 4.05. The number of rotatable bonds is 4. The second-order valence-corrected chi connectivity index (χ2v) is 6.72. The Morgan fingerprint density at radius 2 is 2.15 bits per heavy atom. The van der Waals surface area contributed by atoms with E-state index in [2.05, 4.69) is 25.8 Å². The van der Waals surface area contributed by atoms with Gasteiger partial charge in [0.2, 0.25) is 0 Å². The number of aryl methyl sites for hydroxylation is 2. The zero-order valence-corrected chi connectivity index (χ0v) is 13.5. The number of halogens is 1. The maximum atomic E-state index is 12.3. The summed E-state index contributed by atoms with van der Waals surface area (Å²) in [5, 5.41) is 3.94. The molecule has 2 rings (SSSR count). The highest BCUT2D eigenvalue weighted by Gasteiger charge is 2.22. The number of nitrogens with one attached hydrogen (secondary N) is 1. The van der Waals surface area contributed by atoms with Crippen LogP contribution in [0.1, 0.15) is 12.5 Å². The number of nitrogen functional groups attached to an aromatic ring is 1.